The number of methoxy groups -OCH3 is 1. The van der Waals surface area contributed by atoms with Crippen LogP contribution in [0.1, 0.15) is 19.9 Å². The minimum atomic E-state index is -0.494. The Morgan fingerprint density at radius 3 is 2.74 bits per heavy atom. The van der Waals surface area contributed by atoms with Crippen molar-refractivity contribution in [3.8, 4) is 0 Å². The molecule has 2 N–H and O–H groups in total. The summed E-state index contributed by atoms with van der Waals surface area (Å²) in [5.41, 5.74) is 7.18. The zero-order valence-electron chi connectivity index (χ0n) is 11.2. The van der Waals surface area contributed by atoms with Crippen LogP contribution in [0.15, 0.2) is 12.1 Å². The van der Waals surface area contributed by atoms with Crippen LogP contribution in [0.25, 0.3) is 11.0 Å². The lowest BCUT2D eigenvalue weighted by Crippen LogP contribution is -2.21. The molecule has 1 aromatic heterocycles. The molecule has 0 aliphatic heterocycles. The standard InChI is InChI=1S/C13H17ClFN3O/c1-7(2)12(6-19-3)18-11-4-8(14)9(15)5-10(11)17-13(18)16/h4-5,7,12H,6H2,1-3H3,(H2,16,17). The Morgan fingerprint density at radius 2 is 2.16 bits per heavy atom. The van der Waals surface area contributed by atoms with Gasteiger partial charge in [0.1, 0.15) is 5.82 Å². The Morgan fingerprint density at radius 1 is 1.47 bits per heavy atom. The van der Waals surface area contributed by atoms with E-state index in [0.29, 0.717) is 24.0 Å². The maximum atomic E-state index is 13.5. The second-order valence-corrected chi connectivity index (χ2v) is 5.27. The minimum Gasteiger partial charge on any atom is -0.383 e. The van der Waals surface area contributed by atoms with Gasteiger partial charge in [-0.25, -0.2) is 9.37 Å². The second-order valence-electron chi connectivity index (χ2n) is 4.86. The Kier molecular flexibility index (Phi) is 3.96. The molecule has 19 heavy (non-hydrogen) atoms. The average molecular weight is 286 g/mol. The van der Waals surface area contributed by atoms with Crippen molar-refractivity contribution in [2.45, 2.75) is 19.9 Å². The fraction of sp³-hybridized carbons (Fsp3) is 0.462. The van der Waals surface area contributed by atoms with Crippen LogP contribution in [0.4, 0.5) is 10.3 Å². The van der Waals surface area contributed by atoms with Crippen molar-refractivity contribution in [2.75, 3.05) is 19.5 Å². The summed E-state index contributed by atoms with van der Waals surface area (Å²) in [5.74, 6) is 0.141. The molecule has 2 aromatic rings. The molecule has 104 valence electrons. The van der Waals surface area contributed by atoms with E-state index in [4.69, 9.17) is 22.1 Å². The zero-order valence-corrected chi connectivity index (χ0v) is 11.9. The molecule has 1 unspecified atom stereocenters. The fourth-order valence-corrected chi connectivity index (χ4v) is 2.35. The molecule has 2 rings (SSSR count). The number of fused-ring (bicyclic) bond motifs is 1. The predicted octanol–water partition coefficient (Wildman–Crippen LogP) is 3.25. The zero-order chi connectivity index (χ0) is 14.2. The van der Waals surface area contributed by atoms with E-state index in [2.05, 4.69) is 18.8 Å². The van der Waals surface area contributed by atoms with Gasteiger partial charge in [0.15, 0.2) is 0 Å². The van der Waals surface area contributed by atoms with E-state index in [-0.39, 0.29) is 11.1 Å². The van der Waals surface area contributed by atoms with E-state index < -0.39 is 5.82 Å². The summed E-state index contributed by atoms with van der Waals surface area (Å²) >= 11 is 5.84. The summed E-state index contributed by atoms with van der Waals surface area (Å²) in [6.07, 6.45) is 0. The number of ether oxygens (including phenoxy) is 1. The summed E-state index contributed by atoms with van der Waals surface area (Å²) in [4.78, 5) is 4.19. The first-order chi connectivity index (χ1) is 8.95. The number of rotatable bonds is 4. The summed E-state index contributed by atoms with van der Waals surface area (Å²) in [6, 6.07) is 2.88. The van der Waals surface area contributed by atoms with Crippen LogP contribution in [0, 0.1) is 11.7 Å². The first-order valence-corrected chi connectivity index (χ1v) is 6.45. The molecule has 1 heterocycles. The lowest BCUT2D eigenvalue weighted by molar-refractivity contribution is 0.136. The SMILES string of the molecule is COCC(C(C)C)n1c(N)nc2cc(F)c(Cl)cc21. The van der Waals surface area contributed by atoms with Crippen LogP contribution in [-0.2, 0) is 4.74 Å². The van der Waals surface area contributed by atoms with Gasteiger partial charge < -0.3 is 15.0 Å². The van der Waals surface area contributed by atoms with Crippen molar-refractivity contribution in [3.05, 3.63) is 23.0 Å². The number of imidazole rings is 1. The third-order valence-corrected chi connectivity index (χ3v) is 3.49. The maximum Gasteiger partial charge on any atom is 0.201 e. The highest BCUT2D eigenvalue weighted by Gasteiger charge is 2.21. The molecule has 1 aromatic carbocycles. The van der Waals surface area contributed by atoms with Crippen LogP contribution in [-0.4, -0.2) is 23.3 Å². The Bertz CT molecular complexity index is 597. The minimum absolute atomic E-state index is 0.0246. The van der Waals surface area contributed by atoms with Gasteiger partial charge >= 0.3 is 0 Å². The fourth-order valence-electron chi connectivity index (χ4n) is 2.19. The summed E-state index contributed by atoms with van der Waals surface area (Å²) < 4.78 is 20.5. The molecule has 0 saturated carbocycles. The molecule has 0 bridgehead atoms. The predicted molar refractivity (Wildman–Crippen MR) is 74.9 cm³/mol. The number of nitrogens with two attached hydrogens (primary N) is 1. The lowest BCUT2D eigenvalue weighted by Gasteiger charge is -2.23. The van der Waals surface area contributed by atoms with E-state index in [1.54, 1.807) is 13.2 Å². The van der Waals surface area contributed by atoms with Gasteiger partial charge in [0.25, 0.3) is 0 Å². The quantitative estimate of drug-likeness (QED) is 0.938. The molecule has 0 amide bonds. The van der Waals surface area contributed by atoms with Gasteiger partial charge in [0, 0.05) is 13.2 Å². The van der Waals surface area contributed by atoms with Gasteiger partial charge in [-0.1, -0.05) is 25.4 Å². The van der Waals surface area contributed by atoms with Crippen LogP contribution in [0.3, 0.4) is 0 Å². The van der Waals surface area contributed by atoms with E-state index in [0.717, 1.165) is 5.52 Å². The molecular weight excluding hydrogens is 269 g/mol. The average Bonchev–Trinajstić information content (AvgIpc) is 2.62. The Hall–Kier alpha value is -1.33. The molecule has 0 aliphatic rings. The molecule has 0 radical (unpaired) electrons. The highest BCUT2D eigenvalue weighted by molar-refractivity contribution is 6.31. The van der Waals surface area contributed by atoms with E-state index >= 15 is 0 Å². The smallest absolute Gasteiger partial charge is 0.201 e. The third kappa shape index (κ3) is 2.53. The number of hydrogen-bond donors (Lipinski definition) is 1. The normalized spacial score (nSPS) is 13.4. The van der Waals surface area contributed by atoms with E-state index in [1.165, 1.54) is 6.07 Å². The molecule has 1 atom stereocenters. The lowest BCUT2D eigenvalue weighted by atomic mass is 10.0. The molecule has 6 heteroatoms. The van der Waals surface area contributed by atoms with Crippen molar-refractivity contribution in [1.82, 2.24) is 9.55 Å². The molecule has 4 nitrogen and oxygen atoms in total. The number of benzene rings is 1. The first kappa shape index (κ1) is 14.1. The Balaban J connectivity index is 2.64. The van der Waals surface area contributed by atoms with Gasteiger partial charge in [-0.2, -0.15) is 0 Å². The van der Waals surface area contributed by atoms with Gasteiger partial charge in [0.2, 0.25) is 5.95 Å². The van der Waals surface area contributed by atoms with Crippen LogP contribution >= 0.6 is 11.6 Å². The van der Waals surface area contributed by atoms with Gasteiger partial charge in [-0.05, 0) is 12.0 Å². The molecule has 0 spiro atoms. The number of hydrogen-bond acceptors (Lipinski definition) is 3. The third-order valence-electron chi connectivity index (χ3n) is 3.20. The van der Waals surface area contributed by atoms with Crippen LogP contribution in [0.5, 0.6) is 0 Å². The Labute approximate surface area is 116 Å². The second kappa shape index (κ2) is 5.35. The summed E-state index contributed by atoms with van der Waals surface area (Å²) in [7, 11) is 1.64. The van der Waals surface area contributed by atoms with Gasteiger partial charge in [-0.3, -0.25) is 0 Å². The van der Waals surface area contributed by atoms with Crippen molar-refractivity contribution >= 4 is 28.6 Å². The number of halogens is 2. The summed E-state index contributed by atoms with van der Waals surface area (Å²) in [5, 5.41) is 0.0635. The topological polar surface area (TPSA) is 53.1 Å². The molecule has 0 fully saturated rings. The highest BCUT2D eigenvalue weighted by atomic mass is 35.5. The summed E-state index contributed by atoms with van der Waals surface area (Å²) in [6.45, 7) is 4.64. The molecule has 0 aliphatic carbocycles. The highest BCUT2D eigenvalue weighted by Crippen LogP contribution is 2.30. The number of nitrogens with zero attached hydrogens (tertiary/aromatic N) is 2. The van der Waals surface area contributed by atoms with E-state index in [9.17, 15) is 4.39 Å². The van der Waals surface area contributed by atoms with Crippen molar-refractivity contribution in [1.29, 1.82) is 0 Å². The number of nitrogen functional groups attached to an aromatic ring is 1. The van der Waals surface area contributed by atoms with E-state index in [1.807, 2.05) is 4.57 Å². The van der Waals surface area contributed by atoms with Gasteiger partial charge in [0.05, 0.1) is 28.7 Å². The molecular formula is C13H17ClFN3O. The molecule has 0 saturated heterocycles. The van der Waals surface area contributed by atoms with Crippen LogP contribution < -0.4 is 5.73 Å². The number of anilines is 1. The number of aromatic nitrogens is 2. The van der Waals surface area contributed by atoms with Crippen molar-refractivity contribution in [2.24, 2.45) is 5.92 Å². The monoisotopic (exact) mass is 285 g/mol. The van der Waals surface area contributed by atoms with Gasteiger partial charge in [-0.15, -0.1) is 0 Å². The van der Waals surface area contributed by atoms with Crippen LogP contribution in [0.2, 0.25) is 5.02 Å². The largest absolute Gasteiger partial charge is 0.383 e. The van der Waals surface area contributed by atoms with Crippen molar-refractivity contribution < 1.29 is 9.13 Å². The maximum absolute atomic E-state index is 13.5. The first-order valence-electron chi connectivity index (χ1n) is 6.07. The van der Waals surface area contributed by atoms with Crippen molar-refractivity contribution in [3.63, 3.8) is 0 Å².